The van der Waals surface area contributed by atoms with Gasteiger partial charge in [-0.2, -0.15) is 0 Å². The molecule has 0 saturated carbocycles. The van der Waals surface area contributed by atoms with Crippen molar-refractivity contribution in [3.63, 3.8) is 0 Å². The second kappa shape index (κ2) is 12.3. The van der Waals surface area contributed by atoms with Crippen molar-refractivity contribution in [1.29, 1.82) is 0 Å². The molecular formula is C22H31ClN2O6. The van der Waals surface area contributed by atoms with Gasteiger partial charge in [0.1, 0.15) is 12.1 Å². The van der Waals surface area contributed by atoms with E-state index in [1.165, 1.54) is 6.92 Å². The van der Waals surface area contributed by atoms with E-state index in [4.69, 9.17) is 22.5 Å². The van der Waals surface area contributed by atoms with Crippen LogP contribution in [0.3, 0.4) is 0 Å². The predicted molar refractivity (Wildman–Crippen MR) is 117 cm³/mol. The van der Waals surface area contributed by atoms with Crippen LogP contribution in [0.5, 0.6) is 0 Å². The fourth-order valence-corrected chi connectivity index (χ4v) is 2.79. The van der Waals surface area contributed by atoms with Crippen LogP contribution in [-0.2, 0) is 34.1 Å². The third kappa shape index (κ3) is 8.20. The Hall–Kier alpha value is -2.61. The number of rotatable bonds is 11. The molecule has 0 aliphatic heterocycles. The molecule has 0 aromatic heterocycles. The number of carbonyl (C=O) groups is 4. The summed E-state index contributed by atoms with van der Waals surface area (Å²) in [6.07, 6.45) is -0.128. The Balaban J connectivity index is 2.90. The summed E-state index contributed by atoms with van der Waals surface area (Å²) in [5.74, 6) is -2.54. The lowest BCUT2D eigenvalue weighted by molar-refractivity contribution is -0.149. The van der Waals surface area contributed by atoms with Crippen LogP contribution in [-0.4, -0.2) is 49.1 Å². The topological polar surface area (TPSA) is 111 Å². The first-order chi connectivity index (χ1) is 14.9. The first kappa shape index (κ1) is 24.7. The first-order valence-electron chi connectivity index (χ1n) is 10.6. The van der Waals surface area contributed by atoms with Gasteiger partial charge >= 0.3 is 11.9 Å². The maximum Gasteiger partial charge on any atom is 0.328 e. The summed E-state index contributed by atoms with van der Waals surface area (Å²) in [6, 6.07) is 4.35. The van der Waals surface area contributed by atoms with Gasteiger partial charge in [-0.05, 0) is 58.7 Å². The molecule has 31 heavy (non-hydrogen) atoms. The van der Waals surface area contributed by atoms with E-state index in [2.05, 4.69) is 5.32 Å². The van der Waals surface area contributed by atoms with Gasteiger partial charge in [0.2, 0.25) is 11.8 Å². The number of ether oxygens (including phenoxy) is 2. The van der Waals surface area contributed by atoms with Crippen molar-refractivity contribution in [1.82, 2.24) is 10.6 Å². The summed E-state index contributed by atoms with van der Waals surface area (Å²) in [5, 5.41) is 3.58. The van der Waals surface area contributed by atoms with E-state index < -0.39 is 41.3 Å². The molecule has 0 radical (unpaired) electrons. The maximum absolute atomic E-state index is 13.0. The van der Waals surface area contributed by atoms with E-state index >= 15 is 0 Å². The van der Waals surface area contributed by atoms with Crippen molar-refractivity contribution >= 4 is 35.4 Å². The summed E-state index contributed by atoms with van der Waals surface area (Å²) >= 11 is 5.90. The van der Waals surface area contributed by atoms with Gasteiger partial charge in [0.05, 0.1) is 18.6 Å². The molecule has 172 valence electrons. The van der Waals surface area contributed by atoms with Crippen LogP contribution in [0.25, 0.3) is 0 Å². The molecule has 0 spiro atoms. The average Bonchev–Trinajstić information content (AvgIpc) is 2.75. The SMILES string of the molecule is [2H]N(C(=O)C(C)(C)c1ccc(Cl)cc1)[C@@H](C)C(=O)N[C@@H](CCC(=O)OCC)C(=O)OCC. The van der Waals surface area contributed by atoms with Crippen molar-refractivity contribution in [2.45, 2.75) is 65.0 Å². The molecule has 8 nitrogen and oxygen atoms in total. The van der Waals surface area contributed by atoms with Crippen LogP contribution < -0.4 is 10.6 Å². The van der Waals surface area contributed by atoms with Crippen molar-refractivity contribution < 1.29 is 30.1 Å². The Morgan fingerprint density at radius 3 is 2.23 bits per heavy atom. The molecule has 1 rings (SSSR count). The van der Waals surface area contributed by atoms with Crippen LogP contribution in [0.4, 0.5) is 0 Å². The fourth-order valence-electron chi connectivity index (χ4n) is 2.67. The van der Waals surface area contributed by atoms with Crippen LogP contribution in [0.2, 0.25) is 6.43 Å². The number of halogens is 1. The van der Waals surface area contributed by atoms with E-state index in [9.17, 15) is 19.2 Å². The van der Waals surface area contributed by atoms with E-state index in [1.807, 2.05) is 0 Å². The summed E-state index contributed by atoms with van der Waals surface area (Å²) in [5.41, 5.74) is -0.457. The second-order valence-corrected chi connectivity index (χ2v) is 7.84. The number of nitrogens with one attached hydrogen (secondary N) is 2. The number of amides is 2. The Morgan fingerprint density at radius 1 is 1.10 bits per heavy atom. The Morgan fingerprint density at radius 2 is 1.68 bits per heavy atom. The van der Waals surface area contributed by atoms with Gasteiger partial charge in [-0.3, -0.25) is 14.4 Å². The molecule has 0 unspecified atom stereocenters. The van der Waals surface area contributed by atoms with E-state index in [1.54, 1.807) is 52.0 Å². The first-order valence-corrected chi connectivity index (χ1v) is 10.5. The number of hydrogen-bond acceptors (Lipinski definition) is 6. The van der Waals surface area contributed by atoms with Crippen LogP contribution in [0.1, 0.15) is 53.0 Å². The number of benzene rings is 1. The smallest absolute Gasteiger partial charge is 0.328 e. The lowest BCUT2D eigenvalue weighted by atomic mass is 9.83. The third-order valence-electron chi connectivity index (χ3n) is 4.62. The van der Waals surface area contributed by atoms with Crippen molar-refractivity contribution in [3.8, 4) is 0 Å². The van der Waals surface area contributed by atoms with Gasteiger partial charge in [-0.25, -0.2) is 4.79 Å². The van der Waals surface area contributed by atoms with Crippen molar-refractivity contribution in [2.24, 2.45) is 0 Å². The highest BCUT2D eigenvalue weighted by Gasteiger charge is 2.33. The Kier molecular flexibility index (Phi) is 9.78. The summed E-state index contributed by atoms with van der Waals surface area (Å²) in [6.45, 7) is 8.25. The van der Waals surface area contributed by atoms with E-state index in [0.717, 1.165) is 0 Å². The minimum Gasteiger partial charge on any atom is -0.466 e. The van der Waals surface area contributed by atoms with Crippen LogP contribution >= 0.6 is 11.6 Å². The molecule has 0 aliphatic rings. The minimum absolute atomic E-state index is 0.0294. The normalized spacial score (nSPS) is 13.4. The molecule has 0 fully saturated rings. The molecule has 0 bridgehead atoms. The zero-order chi connectivity index (χ0) is 24.5. The molecule has 0 saturated heterocycles. The van der Waals surface area contributed by atoms with Crippen LogP contribution in [0, 0.1) is 0 Å². The quantitative estimate of drug-likeness (QED) is 0.496. The number of esters is 2. The van der Waals surface area contributed by atoms with Crippen LogP contribution in [0.15, 0.2) is 24.3 Å². The molecule has 2 amide bonds. The Bertz CT molecular complexity index is 815. The third-order valence-corrected chi connectivity index (χ3v) is 4.87. The van der Waals surface area contributed by atoms with Gasteiger partial charge in [0.15, 0.2) is 1.41 Å². The summed E-state index contributed by atoms with van der Waals surface area (Å²) < 4.78 is 18.0. The summed E-state index contributed by atoms with van der Waals surface area (Å²) in [4.78, 5) is 49.6. The van der Waals surface area contributed by atoms with Gasteiger partial charge in [-0.15, -0.1) is 0 Å². The van der Waals surface area contributed by atoms with Crippen molar-refractivity contribution in [2.75, 3.05) is 13.2 Å². The van der Waals surface area contributed by atoms with E-state index in [0.29, 0.717) is 15.9 Å². The Labute approximate surface area is 189 Å². The molecule has 9 heteroatoms. The summed E-state index contributed by atoms with van der Waals surface area (Å²) in [7, 11) is 0. The lowest BCUT2D eigenvalue weighted by Crippen LogP contribution is -2.53. The molecule has 1 aromatic rings. The second-order valence-electron chi connectivity index (χ2n) is 7.40. The van der Waals surface area contributed by atoms with Crippen molar-refractivity contribution in [3.05, 3.63) is 34.9 Å². The average molecular weight is 456 g/mol. The molecule has 0 aliphatic carbocycles. The fraction of sp³-hybridized carbons (Fsp3) is 0.545. The molecule has 2 N–H and O–H groups in total. The highest BCUT2D eigenvalue weighted by atomic mass is 35.5. The standard InChI is InChI=1S/C22H31ClN2O6/c1-6-30-18(26)13-12-17(20(28)31-7-2)25-19(27)14(3)24-21(29)22(4,5)15-8-10-16(23)11-9-15/h8-11,14,17H,6-7,12-13H2,1-5H3,(H,24,29)(H,25,27)/t14-,17-/m0/s1/i/hD. The molecule has 1 aromatic carbocycles. The highest BCUT2D eigenvalue weighted by Crippen LogP contribution is 2.25. The monoisotopic (exact) mass is 455 g/mol. The zero-order valence-electron chi connectivity index (χ0n) is 19.6. The number of hydrogen-bond donors (Lipinski definition) is 2. The predicted octanol–water partition coefficient (Wildman–Crippen LogP) is 2.51. The number of carbonyl (C=O) groups excluding carboxylic acids is 4. The highest BCUT2D eigenvalue weighted by molar-refractivity contribution is 6.30. The van der Waals surface area contributed by atoms with Gasteiger partial charge in [0, 0.05) is 11.4 Å². The molecule has 2 atom stereocenters. The van der Waals surface area contributed by atoms with Gasteiger partial charge < -0.3 is 20.1 Å². The zero-order valence-corrected chi connectivity index (χ0v) is 19.3. The van der Waals surface area contributed by atoms with Gasteiger partial charge in [0.25, 0.3) is 0 Å². The molecule has 0 heterocycles. The minimum atomic E-state index is -1.20. The maximum atomic E-state index is 13.0. The molecular weight excluding hydrogens is 424 g/mol. The largest absolute Gasteiger partial charge is 0.466 e. The van der Waals surface area contributed by atoms with E-state index in [-0.39, 0.29) is 26.1 Å². The lowest BCUT2D eigenvalue weighted by Gasteiger charge is -2.27. The van der Waals surface area contributed by atoms with Gasteiger partial charge in [-0.1, -0.05) is 23.7 Å².